The molecule has 0 radical (unpaired) electrons. The molecule has 0 aliphatic carbocycles. The number of benzene rings is 3. The number of para-hydroxylation sites is 1. The van der Waals surface area contributed by atoms with Crippen LogP contribution in [0.4, 0.5) is 0 Å². The fourth-order valence-corrected chi connectivity index (χ4v) is 3.85. The summed E-state index contributed by atoms with van der Waals surface area (Å²) in [7, 11) is 3.16. The second kappa shape index (κ2) is 13.7. The molecular formula is C28H30N2O8. The third-order valence-electron chi connectivity index (χ3n) is 5.76. The fourth-order valence-electron chi connectivity index (χ4n) is 3.85. The maximum Gasteiger partial charge on any atom is 0.414 e. The van der Waals surface area contributed by atoms with Gasteiger partial charge in [0, 0.05) is 38.3 Å². The lowest BCUT2D eigenvalue weighted by Crippen LogP contribution is -2.48. The molecule has 200 valence electrons. The lowest BCUT2D eigenvalue weighted by molar-refractivity contribution is -0.159. The minimum atomic E-state index is -1.82. The Labute approximate surface area is 220 Å². The van der Waals surface area contributed by atoms with E-state index in [2.05, 4.69) is 17.0 Å². The number of methoxy groups -OCH3 is 2. The van der Waals surface area contributed by atoms with Crippen molar-refractivity contribution in [3.05, 3.63) is 83.9 Å². The molecule has 3 aromatic rings. The van der Waals surface area contributed by atoms with Crippen LogP contribution < -0.4 is 14.2 Å². The van der Waals surface area contributed by atoms with Crippen LogP contribution in [0.15, 0.2) is 72.8 Å². The van der Waals surface area contributed by atoms with Crippen molar-refractivity contribution in [1.29, 1.82) is 0 Å². The van der Waals surface area contributed by atoms with E-state index in [1.54, 1.807) is 32.4 Å². The van der Waals surface area contributed by atoms with Crippen LogP contribution in [0.3, 0.4) is 0 Å². The largest absolute Gasteiger partial charge is 0.493 e. The number of carbonyl (C=O) groups is 3. The number of amides is 1. The Balaban J connectivity index is 0.000000599. The lowest BCUT2D eigenvalue weighted by atomic mass is 10.1. The van der Waals surface area contributed by atoms with E-state index >= 15 is 0 Å². The van der Waals surface area contributed by atoms with Crippen LogP contribution in [0.1, 0.15) is 15.9 Å². The van der Waals surface area contributed by atoms with Gasteiger partial charge in [-0.05, 0) is 48.0 Å². The van der Waals surface area contributed by atoms with Crippen molar-refractivity contribution in [2.45, 2.75) is 6.54 Å². The van der Waals surface area contributed by atoms with Gasteiger partial charge in [-0.25, -0.2) is 9.59 Å². The number of aliphatic carboxylic acids is 2. The molecule has 1 heterocycles. The molecule has 0 atom stereocenters. The maximum absolute atomic E-state index is 12.9. The predicted molar refractivity (Wildman–Crippen MR) is 139 cm³/mol. The van der Waals surface area contributed by atoms with Crippen LogP contribution >= 0.6 is 0 Å². The third kappa shape index (κ3) is 7.97. The molecular weight excluding hydrogens is 492 g/mol. The number of piperazine rings is 1. The Hall–Kier alpha value is -4.57. The first-order valence-corrected chi connectivity index (χ1v) is 11.8. The predicted octanol–water partition coefficient (Wildman–Crippen LogP) is 3.61. The summed E-state index contributed by atoms with van der Waals surface area (Å²) in [6, 6.07) is 23.3. The molecule has 2 N–H and O–H groups in total. The van der Waals surface area contributed by atoms with Crippen LogP contribution in [0.2, 0.25) is 0 Å². The highest BCUT2D eigenvalue weighted by Gasteiger charge is 2.23. The number of rotatable bonds is 7. The highest BCUT2D eigenvalue weighted by atomic mass is 16.5. The summed E-state index contributed by atoms with van der Waals surface area (Å²) >= 11 is 0. The van der Waals surface area contributed by atoms with Crippen LogP contribution in [-0.4, -0.2) is 78.3 Å². The summed E-state index contributed by atoms with van der Waals surface area (Å²) in [6.07, 6.45) is 0. The van der Waals surface area contributed by atoms with Crippen molar-refractivity contribution in [2.75, 3.05) is 40.4 Å². The molecule has 0 bridgehead atoms. The Bertz CT molecular complexity index is 1230. The van der Waals surface area contributed by atoms with Gasteiger partial charge in [-0.3, -0.25) is 9.69 Å². The molecule has 0 aromatic heterocycles. The molecule has 1 fully saturated rings. The SMILES string of the molecule is COc1ccc(C(=O)N2CCN(Cc3cccc(Oc4ccccc4)c3)CC2)cc1OC.O=C(O)C(=O)O. The first-order valence-electron chi connectivity index (χ1n) is 11.8. The zero-order chi connectivity index (χ0) is 27.5. The van der Waals surface area contributed by atoms with Gasteiger partial charge in [-0.1, -0.05) is 30.3 Å². The summed E-state index contributed by atoms with van der Waals surface area (Å²) in [5.41, 5.74) is 1.81. The van der Waals surface area contributed by atoms with E-state index in [1.807, 2.05) is 47.4 Å². The molecule has 0 spiro atoms. The second-order valence-electron chi connectivity index (χ2n) is 8.31. The van der Waals surface area contributed by atoms with Gasteiger partial charge in [0.05, 0.1) is 14.2 Å². The van der Waals surface area contributed by atoms with Gasteiger partial charge in [0.25, 0.3) is 5.91 Å². The molecule has 1 amide bonds. The number of hydrogen-bond acceptors (Lipinski definition) is 7. The summed E-state index contributed by atoms with van der Waals surface area (Å²) in [5.74, 6) is -0.793. The van der Waals surface area contributed by atoms with Gasteiger partial charge in [-0.2, -0.15) is 0 Å². The summed E-state index contributed by atoms with van der Waals surface area (Å²) in [5, 5.41) is 14.8. The topological polar surface area (TPSA) is 126 Å². The van der Waals surface area contributed by atoms with Crippen LogP contribution in [0, 0.1) is 0 Å². The van der Waals surface area contributed by atoms with E-state index in [0.717, 1.165) is 31.1 Å². The van der Waals surface area contributed by atoms with Gasteiger partial charge in [0.1, 0.15) is 11.5 Å². The van der Waals surface area contributed by atoms with Crippen molar-refractivity contribution in [1.82, 2.24) is 9.80 Å². The van der Waals surface area contributed by atoms with Crippen molar-refractivity contribution < 1.29 is 38.8 Å². The first-order chi connectivity index (χ1) is 18.3. The number of carboxylic acids is 2. The van der Waals surface area contributed by atoms with Crippen molar-refractivity contribution in [2.24, 2.45) is 0 Å². The highest BCUT2D eigenvalue weighted by molar-refractivity contribution is 6.27. The van der Waals surface area contributed by atoms with Gasteiger partial charge in [0.2, 0.25) is 0 Å². The first kappa shape index (κ1) is 28.0. The van der Waals surface area contributed by atoms with Crippen LogP contribution in [0.25, 0.3) is 0 Å². The fraction of sp³-hybridized carbons (Fsp3) is 0.250. The summed E-state index contributed by atoms with van der Waals surface area (Å²) < 4.78 is 16.5. The Kier molecular flexibility index (Phi) is 10.1. The van der Waals surface area contributed by atoms with E-state index < -0.39 is 11.9 Å². The van der Waals surface area contributed by atoms with Crippen molar-refractivity contribution in [3.63, 3.8) is 0 Å². The monoisotopic (exact) mass is 522 g/mol. The smallest absolute Gasteiger partial charge is 0.414 e. The second-order valence-corrected chi connectivity index (χ2v) is 8.31. The molecule has 10 heteroatoms. The lowest BCUT2D eigenvalue weighted by Gasteiger charge is -2.35. The van der Waals surface area contributed by atoms with Gasteiger partial charge < -0.3 is 29.3 Å². The van der Waals surface area contributed by atoms with Crippen LogP contribution in [0.5, 0.6) is 23.0 Å². The van der Waals surface area contributed by atoms with E-state index in [0.29, 0.717) is 30.2 Å². The number of nitrogens with zero attached hydrogens (tertiary/aromatic N) is 2. The summed E-state index contributed by atoms with van der Waals surface area (Å²) in [4.78, 5) is 35.4. The van der Waals surface area contributed by atoms with Gasteiger partial charge in [0.15, 0.2) is 11.5 Å². The molecule has 1 aliphatic heterocycles. The third-order valence-corrected chi connectivity index (χ3v) is 5.76. The van der Waals surface area contributed by atoms with E-state index in [-0.39, 0.29) is 5.91 Å². The van der Waals surface area contributed by atoms with Crippen molar-refractivity contribution >= 4 is 17.8 Å². The van der Waals surface area contributed by atoms with E-state index in [1.165, 1.54) is 5.56 Å². The molecule has 3 aromatic carbocycles. The molecule has 0 saturated carbocycles. The zero-order valence-electron chi connectivity index (χ0n) is 21.2. The molecule has 1 aliphatic rings. The average molecular weight is 523 g/mol. The molecule has 4 rings (SSSR count). The van der Waals surface area contributed by atoms with Crippen molar-refractivity contribution in [3.8, 4) is 23.0 Å². The normalized spacial score (nSPS) is 13.1. The minimum absolute atomic E-state index is 0.0175. The number of ether oxygens (including phenoxy) is 3. The standard InChI is InChI=1S/C26H28N2O4.C2H2O4/c1-30-24-12-11-21(18-25(24)31-2)26(29)28-15-13-27(14-16-28)19-20-7-6-10-23(17-20)32-22-8-4-3-5-9-22;3-1(4)2(5)6/h3-12,17-18H,13-16,19H2,1-2H3;(H,3,4)(H,5,6). The quantitative estimate of drug-likeness (QED) is 0.448. The van der Waals surface area contributed by atoms with E-state index in [4.69, 9.17) is 34.0 Å². The Morgan fingerprint density at radius 3 is 1.97 bits per heavy atom. The Morgan fingerprint density at radius 2 is 1.37 bits per heavy atom. The number of carboxylic acid groups (broad SMARTS) is 2. The molecule has 38 heavy (non-hydrogen) atoms. The number of carbonyl (C=O) groups excluding carboxylic acids is 1. The van der Waals surface area contributed by atoms with Crippen LogP contribution in [-0.2, 0) is 16.1 Å². The summed E-state index contributed by atoms with van der Waals surface area (Å²) in [6.45, 7) is 3.84. The average Bonchev–Trinajstić information content (AvgIpc) is 2.93. The highest BCUT2D eigenvalue weighted by Crippen LogP contribution is 2.28. The molecule has 0 unspecified atom stereocenters. The van der Waals surface area contributed by atoms with E-state index in [9.17, 15) is 4.79 Å². The molecule has 10 nitrogen and oxygen atoms in total. The minimum Gasteiger partial charge on any atom is -0.493 e. The maximum atomic E-state index is 12.9. The zero-order valence-corrected chi connectivity index (χ0v) is 21.2. The van der Waals surface area contributed by atoms with Gasteiger partial charge >= 0.3 is 11.9 Å². The number of hydrogen-bond donors (Lipinski definition) is 2. The van der Waals surface area contributed by atoms with Gasteiger partial charge in [-0.15, -0.1) is 0 Å². The Morgan fingerprint density at radius 1 is 0.737 bits per heavy atom. The molecule has 1 saturated heterocycles.